The SMILES string of the molecule is COc1cccc(NC(=O)c2cnc(N(C)Cc3ccccc3)cn2)c1. The number of methoxy groups -OCH3 is 1. The fourth-order valence-corrected chi connectivity index (χ4v) is 2.47. The predicted molar refractivity (Wildman–Crippen MR) is 102 cm³/mol. The Balaban J connectivity index is 1.65. The van der Waals surface area contributed by atoms with Gasteiger partial charge >= 0.3 is 0 Å². The van der Waals surface area contributed by atoms with Crippen LogP contribution >= 0.6 is 0 Å². The summed E-state index contributed by atoms with van der Waals surface area (Å²) in [5.41, 5.74) is 2.07. The molecule has 132 valence electrons. The quantitative estimate of drug-likeness (QED) is 0.740. The van der Waals surface area contributed by atoms with Crippen LogP contribution in [-0.4, -0.2) is 30.0 Å². The molecular formula is C20H20N4O2. The molecule has 0 radical (unpaired) electrons. The maximum atomic E-state index is 12.3. The van der Waals surface area contributed by atoms with Gasteiger partial charge in [0, 0.05) is 25.3 Å². The average molecular weight is 348 g/mol. The summed E-state index contributed by atoms with van der Waals surface area (Å²) in [6.45, 7) is 0.713. The minimum atomic E-state index is -0.317. The zero-order chi connectivity index (χ0) is 18.4. The first-order valence-corrected chi connectivity index (χ1v) is 8.18. The van der Waals surface area contributed by atoms with Crippen LogP contribution in [0, 0.1) is 0 Å². The van der Waals surface area contributed by atoms with Crippen molar-refractivity contribution in [2.24, 2.45) is 0 Å². The van der Waals surface area contributed by atoms with Crippen LogP contribution in [0.2, 0.25) is 0 Å². The van der Waals surface area contributed by atoms with E-state index in [-0.39, 0.29) is 11.6 Å². The zero-order valence-corrected chi connectivity index (χ0v) is 14.7. The Bertz CT molecular complexity index is 866. The number of carbonyl (C=O) groups is 1. The Morgan fingerprint density at radius 2 is 1.88 bits per heavy atom. The fraction of sp³-hybridized carbons (Fsp3) is 0.150. The van der Waals surface area contributed by atoms with Gasteiger partial charge in [-0.25, -0.2) is 9.97 Å². The number of aromatic nitrogens is 2. The molecule has 0 aliphatic carbocycles. The van der Waals surface area contributed by atoms with Gasteiger partial charge in [0.05, 0.1) is 19.5 Å². The van der Waals surface area contributed by atoms with E-state index in [9.17, 15) is 4.79 Å². The van der Waals surface area contributed by atoms with E-state index in [1.807, 2.05) is 42.3 Å². The first kappa shape index (κ1) is 17.4. The number of hydrogen-bond donors (Lipinski definition) is 1. The maximum Gasteiger partial charge on any atom is 0.275 e. The molecule has 3 rings (SSSR count). The van der Waals surface area contributed by atoms with Crippen molar-refractivity contribution in [1.29, 1.82) is 0 Å². The van der Waals surface area contributed by atoms with E-state index >= 15 is 0 Å². The highest BCUT2D eigenvalue weighted by atomic mass is 16.5. The molecule has 0 saturated carbocycles. The van der Waals surface area contributed by atoms with Gasteiger partial charge in [0.15, 0.2) is 0 Å². The zero-order valence-electron chi connectivity index (χ0n) is 14.7. The Kier molecular flexibility index (Phi) is 5.43. The van der Waals surface area contributed by atoms with Gasteiger partial charge in [-0.3, -0.25) is 4.79 Å². The molecule has 1 N–H and O–H groups in total. The molecule has 6 nitrogen and oxygen atoms in total. The lowest BCUT2D eigenvalue weighted by Gasteiger charge is -2.17. The van der Waals surface area contributed by atoms with Gasteiger partial charge in [0.2, 0.25) is 0 Å². The topological polar surface area (TPSA) is 67.3 Å². The van der Waals surface area contributed by atoms with Crippen LogP contribution in [0.1, 0.15) is 16.1 Å². The second kappa shape index (κ2) is 8.11. The lowest BCUT2D eigenvalue weighted by molar-refractivity contribution is 0.102. The summed E-state index contributed by atoms with van der Waals surface area (Å²) in [5, 5.41) is 2.79. The summed E-state index contributed by atoms with van der Waals surface area (Å²) in [7, 11) is 3.52. The van der Waals surface area contributed by atoms with Crippen LogP contribution in [0.25, 0.3) is 0 Å². The van der Waals surface area contributed by atoms with Crippen molar-refractivity contribution < 1.29 is 9.53 Å². The van der Waals surface area contributed by atoms with E-state index in [1.165, 1.54) is 11.8 Å². The van der Waals surface area contributed by atoms with Crippen LogP contribution in [0.4, 0.5) is 11.5 Å². The third-order valence-electron chi connectivity index (χ3n) is 3.85. The first-order valence-electron chi connectivity index (χ1n) is 8.18. The second-order valence-electron chi connectivity index (χ2n) is 5.79. The second-order valence-corrected chi connectivity index (χ2v) is 5.79. The number of amides is 1. The van der Waals surface area contributed by atoms with Gasteiger partial charge < -0.3 is 15.0 Å². The summed E-state index contributed by atoms with van der Waals surface area (Å²) < 4.78 is 5.15. The number of anilines is 2. The number of hydrogen-bond acceptors (Lipinski definition) is 5. The molecule has 0 spiro atoms. The first-order chi connectivity index (χ1) is 12.7. The highest BCUT2D eigenvalue weighted by molar-refractivity contribution is 6.02. The van der Waals surface area contributed by atoms with E-state index < -0.39 is 0 Å². The molecule has 0 aliphatic rings. The van der Waals surface area contributed by atoms with Crippen LogP contribution in [0.5, 0.6) is 5.75 Å². The summed E-state index contributed by atoms with van der Waals surface area (Å²) >= 11 is 0. The van der Waals surface area contributed by atoms with Gasteiger partial charge in [0.1, 0.15) is 17.3 Å². The normalized spacial score (nSPS) is 10.2. The average Bonchev–Trinajstić information content (AvgIpc) is 2.69. The maximum absolute atomic E-state index is 12.3. The molecule has 0 unspecified atom stereocenters. The standard InChI is InChI=1S/C20H20N4O2/c1-24(14-15-7-4-3-5-8-15)19-13-21-18(12-22-19)20(25)23-16-9-6-10-17(11-16)26-2/h3-13H,14H2,1-2H3,(H,23,25). The molecule has 1 heterocycles. The Morgan fingerprint density at radius 1 is 1.08 bits per heavy atom. The number of nitrogens with zero attached hydrogens (tertiary/aromatic N) is 3. The number of rotatable bonds is 6. The monoisotopic (exact) mass is 348 g/mol. The molecule has 1 aromatic heterocycles. The summed E-state index contributed by atoms with van der Waals surface area (Å²) in [6, 6.07) is 17.2. The van der Waals surface area contributed by atoms with E-state index in [0.717, 1.165) is 0 Å². The van der Waals surface area contributed by atoms with Crippen molar-refractivity contribution in [2.45, 2.75) is 6.54 Å². The van der Waals surface area contributed by atoms with Crippen LogP contribution in [0.15, 0.2) is 67.0 Å². The molecule has 0 bridgehead atoms. The van der Waals surface area contributed by atoms with Crippen LogP contribution in [-0.2, 0) is 6.54 Å². The molecule has 3 aromatic rings. The third kappa shape index (κ3) is 4.36. The number of ether oxygens (including phenoxy) is 1. The molecular weight excluding hydrogens is 328 g/mol. The van der Waals surface area contributed by atoms with Crippen molar-refractivity contribution in [3.8, 4) is 5.75 Å². The molecule has 26 heavy (non-hydrogen) atoms. The van der Waals surface area contributed by atoms with Crippen molar-refractivity contribution >= 4 is 17.4 Å². The highest BCUT2D eigenvalue weighted by Crippen LogP contribution is 2.17. The van der Waals surface area contributed by atoms with E-state index in [4.69, 9.17) is 4.74 Å². The summed E-state index contributed by atoms with van der Waals surface area (Å²) in [6.07, 6.45) is 3.08. The van der Waals surface area contributed by atoms with E-state index in [0.29, 0.717) is 23.8 Å². The van der Waals surface area contributed by atoms with Gasteiger partial charge in [-0.2, -0.15) is 0 Å². The van der Waals surface area contributed by atoms with Crippen molar-refractivity contribution in [3.05, 3.63) is 78.2 Å². The largest absolute Gasteiger partial charge is 0.497 e. The minimum absolute atomic E-state index is 0.254. The van der Waals surface area contributed by atoms with Gasteiger partial charge in [-0.15, -0.1) is 0 Å². The van der Waals surface area contributed by atoms with Gasteiger partial charge in [0.25, 0.3) is 5.91 Å². The van der Waals surface area contributed by atoms with Crippen molar-refractivity contribution in [2.75, 3.05) is 24.4 Å². The van der Waals surface area contributed by atoms with Crippen molar-refractivity contribution in [3.63, 3.8) is 0 Å². The Morgan fingerprint density at radius 3 is 2.58 bits per heavy atom. The van der Waals surface area contributed by atoms with Crippen LogP contribution < -0.4 is 15.0 Å². The fourth-order valence-electron chi connectivity index (χ4n) is 2.47. The number of carbonyl (C=O) groups excluding carboxylic acids is 1. The number of nitrogens with one attached hydrogen (secondary N) is 1. The van der Waals surface area contributed by atoms with E-state index in [1.54, 1.807) is 25.4 Å². The molecule has 0 atom stereocenters. The molecule has 0 saturated heterocycles. The smallest absolute Gasteiger partial charge is 0.275 e. The minimum Gasteiger partial charge on any atom is -0.497 e. The molecule has 0 fully saturated rings. The lowest BCUT2D eigenvalue weighted by Crippen LogP contribution is -2.19. The predicted octanol–water partition coefficient (Wildman–Crippen LogP) is 3.37. The van der Waals surface area contributed by atoms with Crippen LogP contribution in [0.3, 0.4) is 0 Å². The van der Waals surface area contributed by atoms with Gasteiger partial charge in [-0.1, -0.05) is 36.4 Å². The molecule has 6 heteroatoms. The molecule has 1 amide bonds. The van der Waals surface area contributed by atoms with Gasteiger partial charge in [-0.05, 0) is 17.7 Å². The lowest BCUT2D eigenvalue weighted by atomic mass is 10.2. The van der Waals surface area contributed by atoms with E-state index in [2.05, 4.69) is 27.4 Å². The van der Waals surface area contributed by atoms with Crippen molar-refractivity contribution in [1.82, 2.24) is 9.97 Å². The molecule has 2 aromatic carbocycles. The third-order valence-corrected chi connectivity index (χ3v) is 3.85. The molecule has 0 aliphatic heterocycles. The summed E-state index contributed by atoms with van der Waals surface area (Å²) in [4.78, 5) is 22.9. The Hall–Kier alpha value is -3.41. The highest BCUT2D eigenvalue weighted by Gasteiger charge is 2.11. The Labute approximate surface area is 152 Å². The number of benzene rings is 2. The summed E-state index contributed by atoms with van der Waals surface area (Å²) in [5.74, 6) is 1.06.